The van der Waals surface area contributed by atoms with Crippen molar-refractivity contribution in [2.45, 2.75) is 6.61 Å². The second-order valence-corrected chi connectivity index (χ2v) is 9.95. The van der Waals surface area contributed by atoms with Crippen LogP contribution in [0.2, 0.25) is 5.02 Å². The Bertz CT molecular complexity index is 1340. The summed E-state index contributed by atoms with van der Waals surface area (Å²) in [5, 5.41) is 2.44. The molecule has 1 aliphatic heterocycles. The van der Waals surface area contributed by atoms with Crippen LogP contribution in [0.25, 0.3) is 6.08 Å². The number of carbonyl (C=O) groups is 3. The standard InChI is InChI=1S/C25H17BrClIN2O5/c1-34-21-12-15(11-20(27)22(21)35-13-14-2-6-17(28)7-3-14)10-19-23(31)29-25(33)30(24(19)32)18-8-4-16(26)5-9-18/h2-12H,13H2,1H3,(H,29,31,33)/b19-10+. The molecule has 0 bridgehead atoms. The molecule has 0 saturated carbocycles. The van der Waals surface area contributed by atoms with Crippen LogP contribution in [0, 0.1) is 3.57 Å². The zero-order chi connectivity index (χ0) is 25.1. The molecule has 1 saturated heterocycles. The fourth-order valence-electron chi connectivity index (χ4n) is 3.35. The molecule has 0 aromatic heterocycles. The zero-order valence-electron chi connectivity index (χ0n) is 18.2. The summed E-state index contributed by atoms with van der Waals surface area (Å²) >= 11 is 12.0. The molecule has 0 atom stereocenters. The van der Waals surface area contributed by atoms with E-state index in [4.69, 9.17) is 21.1 Å². The number of barbiturate groups is 1. The van der Waals surface area contributed by atoms with Gasteiger partial charge in [0.15, 0.2) is 11.5 Å². The van der Waals surface area contributed by atoms with Crippen LogP contribution in [0.4, 0.5) is 10.5 Å². The number of urea groups is 1. The molecule has 35 heavy (non-hydrogen) atoms. The average Bonchev–Trinajstić information content (AvgIpc) is 2.83. The summed E-state index contributed by atoms with van der Waals surface area (Å²) in [4.78, 5) is 38.9. The van der Waals surface area contributed by atoms with E-state index in [9.17, 15) is 14.4 Å². The van der Waals surface area contributed by atoms with Crippen LogP contribution >= 0.6 is 50.1 Å². The molecule has 1 fully saturated rings. The fourth-order valence-corrected chi connectivity index (χ4v) is 4.25. The Labute approximate surface area is 228 Å². The van der Waals surface area contributed by atoms with Crippen molar-refractivity contribution in [1.29, 1.82) is 0 Å². The van der Waals surface area contributed by atoms with Crippen LogP contribution in [0.5, 0.6) is 11.5 Å². The number of anilines is 1. The van der Waals surface area contributed by atoms with Crippen molar-refractivity contribution < 1.29 is 23.9 Å². The molecule has 0 radical (unpaired) electrons. The summed E-state index contributed by atoms with van der Waals surface area (Å²) in [5.74, 6) is -0.891. The SMILES string of the molecule is COc1cc(/C=C2\C(=O)NC(=O)N(c3ccc(Br)cc3)C2=O)cc(Cl)c1OCc1ccc(I)cc1. The number of methoxy groups -OCH3 is 1. The van der Waals surface area contributed by atoms with Crippen LogP contribution in [-0.2, 0) is 16.2 Å². The summed E-state index contributed by atoms with van der Waals surface area (Å²) in [6.45, 7) is 0.276. The number of hydrogen-bond donors (Lipinski definition) is 1. The molecular formula is C25H17BrClIN2O5. The Hall–Kier alpha value is -2.89. The number of benzene rings is 3. The highest BCUT2D eigenvalue weighted by Gasteiger charge is 2.36. The average molecular weight is 668 g/mol. The summed E-state index contributed by atoms with van der Waals surface area (Å²) in [7, 11) is 1.47. The third-order valence-electron chi connectivity index (χ3n) is 5.05. The van der Waals surface area contributed by atoms with Gasteiger partial charge >= 0.3 is 6.03 Å². The lowest BCUT2D eigenvalue weighted by Crippen LogP contribution is -2.54. The van der Waals surface area contributed by atoms with Gasteiger partial charge in [0.05, 0.1) is 17.8 Å². The van der Waals surface area contributed by atoms with E-state index in [0.717, 1.165) is 18.5 Å². The topological polar surface area (TPSA) is 84.9 Å². The van der Waals surface area contributed by atoms with Crippen molar-refractivity contribution in [3.8, 4) is 11.5 Å². The van der Waals surface area contributed by atoms with Crippen molar-refractivity contribution >= 4 is 79.7 Å². The lowest BCUT2D eigenvalue weighted by Gasteiger charge is -2.26. The molecule has 1 aliphatic rings. The maximum Gasteiger partial charge on any atom is 0.335 e. The van der Waals surface area contributed by atoms with Gasteiger partial charge in [-0.2, -0.15) is 0 Å². The second kappa shape index (κ2) is 10.8. The summed E-state index contributed by atoms with van der Waals surface area (Å²) in [5.41, 5.74) is 1.48. The molecule has 0 spiro atoms. The van der Waals surface area contributed by atoms with E-state index < -0.39 is 17.8 Å². The molecule has 0 unspecified atom stereocenters. The van der Waals surface area contributed by atoms with Crippen molar-refractivity contribution in [3.63, 3.8) is 0 Å². The number of carbonyl (C=O) groups excluding carboxylic acids is 3. The normalized spacial score (nSPS) is 14.8. The summed E-state index contributed by atoms with van der Waals surface area (Å²) in [6, 6.07) is 16.7. The lowest BCUT2D eigenvalue weighted by molar-refractivity contribution is -0.122. The van der Waals surface area contributed by atoms with E-state index in [1.807, 2.05) is 24.3 Å². The minimum absolute atomic E-state index is 0.224. The zero-order valence-corrected chi connectivity index (χ0v) is 22.7. The summed E-state index contributed by atoms with van der Waals surface area (Å²) in [6.07, 6.45) is 1.35. The molecule has 7 nitrogen and oxygen atoms in total. The molecule has 3 aromatic rings. The van der Waals surface area contributed by atoms with Crippen LogP contribution in [0.3, 0.4) is 0 Å². The first-order valence-corrected chi connectivity index (χ1v) is 12.4. The molecule has 4 rings (SSSR count). The first-order valence-electron chi connectivity index (χ1n) is 10.2. The van der Waals surface area contributed by atoms with E-state index in [1.54, 1.807) is 36.4 Å². The fraction of sp³-hybridized carbons (Fsp3) is 0.0800. The Morgan fingerprint density at radius 2 is 1.74 bits per heavy atom. The van der Waals surface area contributed by atoms with Gasteiger partial charge in [0.2, 0.25) is 0 Å². The molecule has 4 amide bonds. The third-order valence-corrected chi connectivity index (χ3v) is 6.57. The quantitative estimate of drug-likeness (QED) is 0.199. The molecule has 0 aliphatic carbocycles. The number of rotatable bonds is 6. The number of amides is 4. The van der Waals surface area contributed by atoms with E-state index >= 15 is 0 Å². The van der Waals surface area contributed by atoms with Crippen molar-refractivity contribution in [1.82, 2.24) is 5.32 Å². The van der Waals surface area contributed by atoms with Gasteiger partial charge in [-0.25, -0.2) is 9.69 Å². The maximum absolute atomic E-state index is 13.1. The van der Waals surface area contributed by atoms with Gasteiger partial charge in [-0.15, -0.1) is 0 Å². The Morgan fingerprint density at radius 1 is 1.06 bits per heavy atom. The monoisotopic (exact) mass is 666 g/mol. The maximum atomic E-state index is 13.1. The van der Waals surface area contributed by atoms with Gasteiger partial charge in [-0.3, -0.25) is 14.9 Å². The van der Waals surface area contributed by atoms with E-state index in [2.05, 4.69) is 43.8 Å². The molecule has 10 heteroatoms. The Balaban J connectivity index is 1.63. The molecule has 178 valence electrons. The first kappa shape index (κ1) is 25.2. The predicted octanol–water partition coefficient (Wildman–Crippen LogP) is 5.96. The van der Waals surface area contributed by atoms with Gasteiger partial charge in [-0.05, 0) is 88.3 Å². The number of ether oxygens (including phenoxy) is 2. The highest BCUT2D eigenvalue weighted by Crippen LogP contribution is 2.38. The van der Waals surface area contributed by atoms with Crippen LogP contribution in [0.15, 0.2) is 70.7 Å². The van der Waals surface area contributed by atoms with Gasteiger partial charge in [0.25, 0.3) is 11.8 Å². The second-order valence-electron chi connectivity index (χ2n) is 7.38. The van der Waals surface area contributed by atoms with Gasteiger partial charge < -0.3 is 9.47 Å². The van der Waals surface area contributed by atoms with Crippen molar-refractivity contribution in [3.05, 3.63) is 90.4 Å². The minimum Gasteiger partial charge on any atom is -0.493 e. The Morgan fingerprint density at radius 3 is 2.40 bits per heavy atom. The molecule has 3 aromatic carbocycles. The number of nitrogens with zero attached hydrogens (tertiary/aromatic N) is 1. The number of nitrogens with one attached hydrogen (secondary N) is 1. The Kier molecular flexibility index (Phi) is 7.78. The number of halogens is 3. The molecule has 1 N–H and O–H groups in total. The predicted molar refractivity (Wildman–Crippen MR) is 145 cm³/mol. The van der Waals surface area contributed by atoms with Crippen molar-refractivity contribution in [2.24, 2.45) is 0 Å². The summed E-state index contributed by atoms with van der Waals surface area (Å²) < 4.78 is 13.2. The third kappa shape index (κ3) is 5.68. The van der Waals surface area contributed by atoms with Crippen LogP contribution in [-0.4, -0.2) is 25.0 Å². The van der Waals surface area contributed by atoms with Crippen molar-refractivity contribution in [2.75, 3.05) is 12.0 Å². The minimum atomic E-state index is -0.825. The van der Waals surface area contributed by atoms with Crippen LogP contribution in [0.1, 0.15) is 11.1 Å². The van der Waals surface area contributed by atoms with Gasteiger partial charge in [0, 0.05) is 8.04 Å². The molecular weight excluding hydrogens is 651 g/mol. The van der Waals surface area contributed by atoms with E-state index in [1.165, 1.54) is 13.2 Å². The number of imide groups is 2. The highest BCUT2D eigenvalue weighted by atomic mass is 127. The van der Waals surface area contributed by atoms with E-state index in [0.29, 0.717) is 22.7 Å². The first-order chi connectivity index (χ1) is 16.8. The molecule has 1 heterocycles. The smallest absolute Gasteiger partial charge is 0.335 e. The van der Waals surface area contributed by atoms with Gasteiger partial charge in [-0.1, -0.05) is 39.7 Å². The lowest BCUT2D eigenvalue weighted by atomic mass is 10.1. The number of hydrogen-bond acceptors (Lipinski definition) is 5. The largest absolute Gasteiger partial charge is 0.493 e. The van der Waals surface area contributed by atoms with Gasteiger partial charge in [0.1, 0.15) is 12.2 Å². The van der Waals surface area contributed by atoms with E-state index in [-0.39, 0.29) is 17.2 Å². The highest BCUT2D eigenvalue weighted by molar-refractivity contribution is 14.1. The van der Waals surface area contributed by atoms with Crippen LogP contribution < -0.4 is 19.7 Å².